The first-order valence-electron chi connectivity index (χ1n) is 4.88. The highest BCUT2D eigenvalue weighted by Crippen LogP contribution is 2.12. The van der Waals surface area contributed by atoms with Gasteiger partial charge in [-0.1, -0.05) is 29.3 Å². The Morgan fingerprint density at radius 3 is 2.57 bits per heavy atom. The molecule has 0 rings (SSSR count). The lowest BCUT2D eigenvalue weighted by Crippen LogP contribution is -2.47. The molecule has 1 N–H and O–H groups in total. The summed E-state index contributed by atoms with van der Waals surface area (Å²) >= 11 is 3.27. The van der Waals surface area contributed by atoms with Gasteiger partial charge in [-0.3, -0.25) is 4.79 Å². The van der Waals surface area contributed by atoms with Crippen LogP contribution in [-0.4, -0.2) is 30.0 Å². The number of nitrogens with one attached hydrogen (secondary N) is 1. The van der Waals surface area contributed by atoms with Crippen LogP contribution >= 0.6 is 15.9 Å². The van der Waals surface area contributed by atoms with Crippen molar-refractivity contribution in [2.45, 2.75) is 44.0 Å². The van der Waals surface area contributed by atoms with Gasteiger partial charge in [0.25, 0.3) is 0 Å². The molecule has 0 aliphatic heterocycles. The lowest BCUT2D eigenvalue weighted by molar-refractivity contribution is -0.122. The summed E-state index contributed by atoms with van der Waals surface area (Å²) in [5, 5.41) is 2.98. The molecule has 0 aliphatic carbocycles. The van der Waals surface area contributed by atoms with Crippen molar-refractivity contribution in [3.05, 3.63) is 0 Å². The minimum absolute atomic E-state index is 0.00898. The molecule has 0 aromatic carbocycles. The zero-order valence-electron chi connectivity index (χ0n) is 9.39. The van der Waals surface area contributed by atoms with Crippen molar-refractivity contribution in [3.63, 3.8) is 0 Å². The van der Waals surface area contributed by atoms with Crippen molar-refractivity contribution >= 4 is 21.8 Å². The minimum Gasteiger partial charge on any atom is -0.383 e. The summed E-state index contributed by atoms with van der Waals surface area (Å²) in [6, 6.07) is 0. The van der Waals surface area contributed by atoms with E-state index in [1.807, 2.05) is 13.8 Å². The van der Waals surface area contributed by atoms with Crippen LogP contribution < -0.4 is 5.32 Å². The number of alkyl halides is 1. The molecule has 0 saturated carbocycles. The molecule has 1 unspecified atom stereocenters. The van der Waals surface area contributed by atoms with Gasteiger partial charge in [0, 0.05) is 12.6 Å². The van der Waals surface area contributed by atoms with E-state index in [-0.39, 0.29) is 16.3 Å². The predicted octanol–water partition coefficient (Wildman–Crippen LogP) is 2.09. The van der Waals surface area contributed by atoms with Gasteiger partial charge in [0.15, 0.2) is 0 Å². The first-order chi connectivity index (χ1) is 6.43. The molecule has 3 nitrogen and oxygen atoms in total. The van der Waals surface area contributed by atoms with Crippen LogP contribution in [0.4, 0.5) is 0 Å². The maximum atomic E-state index is 11.6. The number of methoxy groups -OCH3 is 1. The zero-order valence-corrected chi connectivity index (χ0v) is 11.0. The monoisotopic (exact) mass is 265 g/mol. The predicted molar refractivity (Wildman–Crippen MR) is 61.7 cm³/mol. The Morgan fingerprint density at radius 2 is 2.14 bits per heavy atom. The van der Waals surface area contributed by atoms with Crippen LogP contribution in [0.15, 0.2) is 0 Å². The van der Waals surface area contributed by atoms with Gasteiger partial charge < -0.3 is 10.1 Å². The third-order valence-electron chi connectivity index (χ3n) is 1.93. The average Bonchev–Trinajstić information content (AvgIpc) is 2.03. The van der Waals surface area contributed by atoms with E-state index in [9.17, 15) is 4.79 Å². The maximum absolute atomic E-state index is 11.6. The van der Waals surface area contributed by atoms with Gasteiger partial charge in [-0.2, -0.15) is 0 Å². The Hall–Kier alpha value is -0.0900. The van der Waals surface area contributed by atoms with Gasteiger partial charge in [-0.25, -0.2) is 0 Å². The van der Waals surface area contributed by atoms with E-state index in [1.54, 1.807) is 7.11 Å². The highest BCUT2D eigenvalue weighted by molar-refractivity contribution is 9.10. The standard InChI is InChI=1S/C10H20BrNO2/c1-5-6-10(2,3)12-9(13)8(11)7-14-4/h8H,5-7H2,1-4H3,(H,12,13). The average molecular weight is 266 g/mol. The first kappa shape index (κ1) is 13.9. The van der Waals surface area contributed by atoms with Crippen molar-refractivity contribution in [1.82, 2.24) is 5.32 Å². The molecule has 0 aliphatic rings. The number of halogens is 1. The lowest BCUT2D eigenvalue weighted by atomic mass is 9.99. The molecule has 84 valence electrons. The van der Waals surface area contributed by atoms with Crippen LogP contribution in [-0.2, 0) is 9.53 Å². The molecule has 0 fully saturated rings. The van der Waals surface area contributed by atoms with Gasteiger partial charge >= 0.3 is 0 Å². The van der Waals surface area contributed by atoms with Gasteiger partial charge in [0.2, 0.25) is 5.91 Å². The molecular formula is C10H20BrNO2. The Labute approximate surface area is 94.7 Å². The largest absolute Gasteiger partial charge is 0.383 e. The van der Waals surface area contributed by atoms with Crippen molar-refractivity contribution in [1.29, 1.82) is 0 Å². The van der Waals surface area contributed by atoms with Gasteiger partial charge in [0.05, 0.1) is 6.61 Å². The fourth-order valence-corrected chi connectivity index (χ4v) is 1.70. The molecule has 0 heterocycles. The van der Waals surface area contributed by atoms with E-state index in [0.29, 0.717) is 6.61 Å². The van der Waals surface area contributed by atoms with E-state index in [0.717, 1.165) is 12.8 Å². The summed E-state index contributed by atoms with van der Waals surface area (Å²) < 4.78 is 4.89. The SMILES string of the molecule is CCCC(C)(C)NC(=O)C(Br)COC. The number of hydrogen-bond acceptors (Lipinski definition) is 2. The van der Waals surface area contributed by atoms with Gasteiger partial charge in [-0.15, -0.1) is 0 Å². The summed E-state index contributed by atoms with van der Waals surface area (Å²) in [5.41, 5.74) is -0.133. The second-order valence-corrected chi connectivity index (χ2v) is 5.15. The van der Waals surface area contributed by atoms with E-state index in [4.69, 9.17) is 4.74 Å². The first-order valence-corrected chi connectivity index (χ1v) is 5.79. The lowest BCUT2D eigenvalue weighted by Gasteiger charge is -2.27. The Balaban J connectivity index is 4.03. The van der Waals surface area contributed by atoms with Crippen molar-refractivity contribution in [2.24, 2.45) is 0 Å². The second-order valence-electron chi connectivity index (χ2n) is 4.05. The van der Waals surface area contributed by atoms with Gasteiger partial charge in [-0.05, 0) is 20.3 Å². The number of carbonyl (C=O) groups excluding carboxylic acids is 1. The number of rotatable bonds is 6. The Morgan fingerprint density at radius 1 is 1.57 bits per heavy atom. The fourth-order valence-electron chi connectivity index (χ4n) is 1.32. The quantitative estimate of drug-likeness (QED) is 0.747. The van der Waals surface area contributed by atoms with E-state index >= 15 is 0 Å². The molecule has 0 bridgehead atoms. The summed E-state index contributed by atoms with van der Waals surface area (Å²) in [6.45, 7) is 6.56. The molecule has 0 radical (unpaired) electrons. The Bertz CT molecular complexity index is 183. The smallest absolute Gasteiger partial charge is 0.236 e. The summed E-state index contributed by atoms with van der Waals surface area (Å²) in [5.74, 6) is -0.00898. The van der Waals surface area contributed by atoms with Crippen LogP contribution in [0.5, 0.6) is 0 Å². The molecule has 0 saturated heterocycles. The summed E-state index contributed by atoms with van der Waals surface area (Å²) in [7, 11) is 1.58. The second kappa shape index (κ2) is 6.40. The van der Waals surface area contributed by atoms with Crippen LogP contribution in [0.2, 0.25) is 0 Å². The molecule has 14 heavy (non-hydrogen) atoms. The van der Waals surface area contributed by atoms with E-state index in [2.05, 4.69) is 28.2 Å². The molecular weight excluding hydrogens is 246 g/mol. The molecule has 4 heteroatoms. The Kier molecular flexibility index (Phi) is 6.36. The highest BCUT2D eigenvalue weighted by Gasteiger charge is 2.23. The normalized spacial score (nSPS) is 13.8. The van der Waals surface area contributed by atoms with Crippen LogP contribution in [0, 0.1) is 0 Å². The van der Waals surface area contributed by atoms with Crippen LogP contribution in [0.25, 0.3) is 0 Å². The van der Waals surface area contributed by atoms with E-state index < -0.39 is 0 Å². The van der Waals surface area contributed by atoms with E-state index in [1.165, 1.54) is 0 Å². The van der Waals surface area contributed by atoms with Crippen molar-refractivity contribution < 1.29 is 9.53 Å². The van der Waals surface area contributed by atoms with Crippen LogP contribution in [0.3, 0.4) is 0 Å². The van der Waals surface area contributed by atoms with Crippen LogP contribution in [0.1, 0.15) is 33.6 Å². The maximum Gasteiger partial charge on any atom is 0.236 e. The number of amides is 1. The fraction of sp³-hybridized carbons (Fsp3) is 0.900. The highest BCUT2D eigenvalue weighted by atomic mass is 79.9. The number of carbonyl (C=O) groups is 1. The topological polar surface area (TPSA) is 38.3 Å². The zero-order chi connectivity index (χ0) is 11.2. The minimum atomic E-state index is -0.261. The third-order valence-corrected chi connectivity index (χ3v) is 2.61. The molecule has 1 amide bonds. The molecule has 1 atom stereocenters. The van der Waals surface area contributed by atoms with Crippen molar-refractivity contribution in [3.8, 4) is 0 Å². The van der Waals surface area contributed by atoms with Crippen molar-refractivity contribution in [2.75, 3.05) is 13.7 Å². The van der Waals surface area contributed by atoms with Gasteiger partial charge in [0.1, 0.15) is 4.83 Å². The molecule has 0 spiro atoms. The number of ether oxygens (including phenoxy) is 1. The third kappa shape index (κ3) is 5.60. The number of hydrogen-bond donors (Lipinski definition) is 1. The molecule has 0 aromatic rings. The summed E-state index contributed by atoms with van der Waals surface area (Å²) in [4.78, 5) is 11.3. The summed E-state index contributed by atoms with van der Waals surface area (Å²) in [6.07, 6.45) is 2.04. The molecule has 0 aromatic heterocycles.